The van der Waals surface area contributed by atoms with Crippen molar-refractivity contribution in [1.82, 2.24) is 5.32 Å². The van der Waals surface area contributed by atoms with Crippen LogP contribution < -0.4 is 15.7 Å². The second-order valence-corrected chi connectivity index (χ2v) is 7.76. The van der Waals surface area contributed by atoms with E-state index in [1.165, 1.54) is 12.1 Å². The van der Waals surface area contributed by atoms with E-state index in [1.54, 1.807) is 13.0 Å². The van der Waals surface area contributed by atoms with Crippen molar-refractivity contribution >= 4 is 34.6 Å². The van der Waals surface area contributed by atoms with E-state index in [9.17, 15) is 14.4 Å². The summed E-state index contributed by atoms with van der Waals surface area (Å²) in [7, 11) is 0. The normalized spacial score (nSPS) is 11.7. The van der Waals surface area contributed by atoms with Crippen LogP contribution in [-0.4, -0.2) is 18.1 Å². The quantitative estimate of drug-likeness (QED) is 0.285. The van der Waals surface area contributed by atoms with E-state index in [4.69, 9.17) is 25.5 Å². The number of halogens is 1. The molecule has 0 saturated heterocycles. The van der Waals surface area contributed by atoms with Crippen LogP contribution in [0.4, 0.5) is 4.79 Å². The number of benzene rings is 2. The van der Waals surface area contributed by atoms with Crippen LogP contribution in [0.3, 0.4) is 0 Å². The van der Waals surface area contributed by atoms with Gasteiger partial charge in [-0.3, -0.25) is 0 Å². The van der Waals surface area contributed by atoms with Gasteiger partial charge in [0.15, 0.2) is 5.75 Å². The molecule has 0 bridgehead atoms. The molecular formula is C24H24ClNO6. The van der Waals surface area contributed by atoms with E-state index in [0.29, 0.717) is 23.8 Å². The molecule has 8 heteroatoms. The molecule has 1 atom stereocenters. The molecule has 7 nitrogen and oxygen atoms in total. The number of nitrogens with one attached hydrogen (secondary N) is 1. The molecule has 1 amide bonds. The number of fused-ring (bicyclic) bond motifs is 1. The van der Waals surface area contributed by atoms with E-state index in [2.05, 4.69) is 5.32 Å². The largest absolute Gasteiger partial charge is 0.445 e. The molecular weight excluding hydrogens is 434 g/mol. The zero-order valence-corrected chi connectivity index (χ0v) is 18.6. The summed E-state index contributed by atoms with van der Waals surface area (Å²) in [5.74, 6) is -0.648. The molecule has 168 valence electrons. The van der Waals surface area contributed by atoms with E-state index >= 15 is 0 Å². The second-order valence-electron chi connectivity index (χ2n) is 7.35. The minimum Gasteiger partial charge on any atom is -0.445 e. The van der Waals surface area contributed by atoms with Gasteiger partial charge in [-0.2, -0.15) is 0 Å². The molecule has 0 saturated carbocycles. The van der Waals surface area contributed by atoms with Crippen LogP contribution in [-0.2, 0) is 16.1 Å². The fraction of sp³-hybridized carbons (Fsp3) is 0.292. The van der Waals surface area contributed by atoms with Gasteiger partial charge in [0.2, 0.25) is 0 Å². The maximum Gasteiger partial charge on any atom is 0.408 e. The van der Waals surface area contributed by atoms with Gasteiger partial charge >= 0.3 is 17.7 Å². The van der Waals surface area contributed by atoms with Crippen molar-refractivity contribution in [3.63, 3.8) is 0 Å². The average Bonchev–Trinajstić information content (AvgIpc) is 2.77. The van der Waals surface area contributed by atoms with Crippen molar-refractivity contribution in [3.05, 3.63) is 75.1 Å². The van der Waals surface area contributed by atoms with Gasteiger partial charge in [0.1, 0.15) is 18.2 Å². The third kappa shape index (κ3) is 6.11. The van der Waals surface area contributed by atoms with Crippen molar-refractivity contribution in [3.8, 4) is 5.75 Å². The molecule has 0 aliphatic heterocycles. The number of aryl methyl sites for hydroxylation is 1. The molecule has 3 rings (SSSR count). The molecule has 0 aliphatic carbocycles. The second kappa shape index (κ2) is 10.8. The summed E-state index contributed by atoms with van der Waals surface area (Å²) < 4.78 is 15.9. The lowest BCUT2D eigenvalue weighted by molar-refractivity contribution is -0.136. The number of ether oxygens (including phenoxy) is 2. The van der Waals surface area contributed by atoms with Crippen LogP contribution in [0.1, 0.15) is 37.3 Å². The Balaban J connectivity index is 1.72. The Morgan fingerprint density at radius 3 is 2.62 bits per heavy atom. The minimum atomic E-state index is -0.922. The first-order valence-corrected chi connectivity index (χ1v) is 10.7. The highest BCUT2D eigenvalue weighted by Gasteiger charge is 2.24. The number of carbonyl (C=O) groups excluding carboxylic acids is 2. The molecule has 1 heterocycles. The standard InChI is InChI=1S/C24H24ClNO6/c1-3-4-10-19(26-24(29)30-14-16-8-6-5-7-9-16)23(28)32-21-13-20-17(12-18(21)25)15(2)11-22(27)31-20/h5-9,11-13,19H,3-4,10,14H2,1-2H3,(H,26,29). The minimum absolute atomic E-state index is 0.0406. The SMILES string of the molecule is CCCCC(NC(=O)OCc1ccccc1)C(=O)Oc1cc2oc(=O)cc(C)c2cc1Cl. The maximum atomic E-state index is 12.8. The monoisotopic (exact) mass is 457 g/mol. The lowest BCUT2D eigenvalue weighted by atomic mass is 10.1. The first kappa shape index (κ1) is 23.3. The fourth-order valence-corrected chi connectivity index (χ4v) is 3.34. The molecule has 2 aromatic carbocycles. The fourth-order valence-electron chi connectivity index (χ4n) is 3.14. The Hall–Kier alpha value is -3.32. The summed E-state index contributed by atoms with van der Waals surface area (Å²) in [6, 6.07) is 12.6. The molecule has 32 heavy (non-hydrogen) atoms. The van der Waals surface area contributed by atoms with Gasteiger partial charge in [-0.05, 0) is 30.5 Å². The van der Waals surface area contributed by atoms with Crippen LogP contribution in [0.2, 0.25) is 5.02 Å². The summed E-state index contributed by atoms with van der Waals surface area (Å²) in [5.41, 5.74) is 1.26. The van der Waals surface area contributed by atoms with Crippen molar-refractivity contribution in [1.29, 1.82) is 0 Å². The molecule has 1 N–H and O–H groups in total. The number of alkyl carbamates (subject to hydrolysis) is 1. The third-order valence-corrected chi connectivity index (χ3v) is 5.15. The Morgan fingerprint density at radius 1 is 1.16 bits per heavy atom. The highest BCUT2D eigenvalue weighted by molar-refractivity contribution is 6.33. The Kier molecular flexibility index (Phi) is 7.89. The zero-order chi connectivity index (χ0) is 23.1. The number of unbranched alkanes of at least 4 members (excludes halogenated alkanes) is 1. The van der Waals surface area contributed by atoms with E-state index in [1.807, 2.05) is 37.3 Å². The van der Waals surface area contributed by atoms with Crippen molar-refractivity contribution in [2.45, 2.75) is 45.8 Å². The van der Waals surface area contributed by atoms with Crippen molar-refractivity contribution < 1.29 is 23.5 Å². The highest BCUT2D eigenvalue weighted by atomic mass is 35.5. The molecule has 0 radical (unpaired) electrons. The summed E-state index contributed by atoms with van der Waals surface area (Å²) in [5, 5.41) is 3.39. The summed E-state index contributed by atoms with van der Waals surface area (Å²) in [6.07, 6.45) is 1.16. The van der Waals surface area contributed by atoms with Crippen LogP contribution in [0.15, 0.2) is 57.7 Å². The third-order valence-electron chi connectivity index (χ3n) is 4.85. The lowest BCUT2D eigenvalue weighted by Crippen LogP contribution is -2.43. The molecule has 0 spiro atoms. The van der Waals surface area contributed by atoms with Gasteiger partial charge < -0.3 is 19.2 Å². The predicted octanol–water partition coefficient (Wildman–Crippen LogP) is 5.15. The number of hydrogen-bond acceptors (Lipinski definition) is 6. The molecule has 1 unspecified atom stereocenters. The van der Waals surface area contributed by atoms with Gasteiger partial charge in [-0.25, -0.2) is 14.4 Å². The summed E-state index contributed by atoms with van der Waals surface area (Å²) >= 11 is 6.28. The highest BCUT2D eigenvalue weighted by Crippen LogP contribution is 2.31. The number of hydrogen-bond donors (Lipinski definition) is 1. The topological polar surface area (TPSA) is 94.8 Å². The molecule has 0 fully saturated rings. The summed E-state index contributed by atoms with van der Waals surface area (Å²) in [4.78, 5) is 36.7. The molecule has 1 aromatic heterocycles. The predicted molar refractivity (Wildman–Crippen MR) is 121 cm³/mol. The zero-order valence-electron chi connectivity index (χ0n) is 17.9. The van der Waals surface area contributed by atoms with Gasteiger partial charge in [0, 0.05) is 17.5 Å². The van der Waals surface area contributed by atoms with Crippen LogP contribution in [0, 0.1) is 6.92 Å². The molecule has 3 aromatic rings. The van der Waals surface area contributed by atoms with Gasteiger partial charge in [-0.1, -0.05) is 61.7 Å². The molecule has 0 aliphatic rings. The van der Waals surface area contributed by atoms with Crippen molar-refractivity contribution in [2.75, 3.05) is 0 Å². The Morgan fingerprint density at radius 2 is 1.91 bits per heavy atom. The van der Waals surface area contributed by atoms with Gasteiger partial charge in [-0.15, -0.1) is 0 Å². The number of rotatable bonds is 8. The number of amides is 1. The average molecular weight is 458 g/mol. The number of esters is 1. The smallest absolute Gasteiger partial charge is 0.408 e. The van der Waals surface area contributed by atoms with Gasteiger partial charge in [0.05, 0.1) is 5.02 Å². The van der Waals surface area contributed by atoms with Crippen LogP contribution in [0.25, 0.3) is 11.0 Å². The van der Waals surface area contributed by atoms with E-state index in [0.717, 1.165) is 12.0 Å². The van der Waals surface area contributed by atoms with Gasteiger partial charge in [0.25, 0.3) is 0 Å². The van der Waals surface area contributed by atoms with E-state index in [-0.39, 0.29) is 23.0 Å². The lowest BCUT2D eigenvalue weighted by Gasteiger charge is -2.18. The Labute approximate surface area is 190 Å². The maximum absolute atomic E-state index is 12.8. The van der Waals surface area contributed by atoms with E-state index < -0.39 is 23.7 Å². The first-order valence-electron chi connectivity index (χ1n) is 10.3. The van der Waals surface area contributed by atoms with Crippen LogP contribution >= 0.6 is 11.6 Å². The number of carbonyl (C=O) groups is 2. The van der Waals surface area contributed by atoms with Crippen molar-refractivity contribution in [2.24, 2.45) is 0 Å². The first-order chi connectivity index (χ1) is 15.4. The summed E-state index contributed by atoms with van der Waals surface area (Å²) in [6.45, 7) is 3.81. The van der Waals surface area contributed by atoms with Crippen LogP contribution in [0.5, 0.6) is 5.75 Å². The Bertz CT molecular complexity index is 1160.